The monoisotopic (exact) mass is 383 g/mol. The predicted octanol–water partition coefficient (Wildman–Crippen LogP) is 1.72. The summed E-state index contributed by atoms with van der Waals surface area (Å²) >= 11 is 0. The number of rotatable bonds is 5. The molecule has 28 heavy (non-hydrogen) atoms. The summed E-state index contributed by atoms with van der Waals surface area (Å²) in [5, 5.41) is 7.01. The highest BCUT2D eigenvalue weighted by molar-refractivity contribution is 5.90. The zero-order valence-corrected chi connectivity index (χ0v) is 15.7. The Balaban J connectivity index is 1.29. The first kappa shape index (κ1) is 18.3. The third-order valence-corrected chi connectivity index (χ3v) is 4.82. The molecule has 1 N–H and O–H groups in total. The lowest BCUT2D eigenvalue weighted by molar-refractivity contribution is -0.116. The van der Waals surface area contributed by atoms with Crippen LogP contribution in [0.5, 0.6) is 0 Å². The SMILES string of the molecule is Cc1cc(N2CCN(CCC(=O)Nc3cccc(F)c3)CC2)n2ncnc2n1. The molecule has 3 aromatic rings. The van der Waals surface area contributed by atoms with Crippen LogP contribution in [0, 0.1) is 12.7 Å². The van der Waals surface area contributed by atoms with Crippen LogP contribution < -0.4 is 10.2 Å². The number of aryl methyl sites for hydroxylation is 1. The minimum absolute atomic E-state index is 0.109. The Kier molecular flexibility index (Phi) is 5.16. The van der Waals surface area contributed by atoms with Crippen molar-refractivity contribution in [3.63, 3.8) is 0 Å². The van der Waals surface area contributed by atoms with Crippen molar-refractivity contribution in [1.82, 2.24) is 24.5 Å². The van der Waals surface area contributed by atoms with Crippen molar-refractivity contribution in [2.45, 2.75) is 13.3 Å². The van der Waals surface area contributed by atoms with Crippen LogP contribution in [0.3, 0.4) is 0 Å². The Morgan fingerprint density at radius 3 is 2.82 bits per heavy atom. The van der Waals surface area contributed by atoms with E-state index in [-0.39, 0.29) is 11.7 Å². The van der Waals surface area contributed by atoms with Gasteiger partial charge in [-0.25, -0.2) is 9.37 Å². The molecule has 0 atom stereocenters. The number of fused-ring (bicyclic) bond motifs is 1. The molecule has 1 amide bonds. The van der Waals surface area contributed by atoms with Crippen LogP contribution in [-0.2, 0) is 4.79 Å². The second-order valence-electron chi connectivity index (χ2n) is 6.86. The molecule has 1 aliphatic rings. The first-order chi connectivity index (χ1) is 13.6. The maximum Gasteiger partial charge on any atom is 0.254 e. The van der Waals surface area contributed by atoms with Gasteiger partial charge < -0.3 is 10.2 Å². The molecule has 0 bridgehead atoms. The van der Waals surface area contributed by atoms with Crippen LogP contribution in [0.1, 0.15) is 12.1 Å². The Morgan fingerprint density at radius 2 is 2.04 bits per heavy atom. The standard InChI is InChI=1S/C19H22FN7O/c1-14-11-18(27-19(23-14)21-13-22-27)26-9-7-25(8-10-26)6-5-17(28)24-16-4-2-3-15(20)12-16/h2-4,11-13H,5-10H2,1H3,(H,24,28). The number of amides is 1. The van der Waals surface area contributed by atoms with E-state index in [1.165, 1.54) is 18.5 Å². The minimum atomic E-state index is -0.359. The summed E-state index contributed by atoms with van der Waals surface area (Å²) in [6, 6.07) is 7.95. The molecule has 0 saturated carbocycles. The molecule has 146 valence electrons. The summed E-state index contributed by atoms with van der Waals surface area (Å²) in [5.41, 5.74) is 1.40. The maximum atomic E-state index is 13.2. The number of benzene rings is 1. The van der Waals surface area contributed by atoms with Crippen LogP contribution in [0.4, 0.5) is 15.9 Å². The fraction of sp³-hybridized carbons (Fsp3) is 0.368. The summed E-state index contributed by atoms with van der Waals surface area (Å²) < 4.78 is 15.0. The number of hydrogen-bond acceptors (Lipinski definition) is 6. The number of anilines is 2. The fourth-order valence-electron chi connectivity index (χ4n) is 3.39. The third kappa shape index (κ3) is 4.09. The van der Waals surface area contributed by atoms with Gasteiger partial charge in [-0.3, -0.25) is 9.69 Å². The highest BCUT2D eigenvalue weighted by atomic mass is 19.1. The third-order valence-electron chi connectivity index (χ3n) is 4.82. The summed E-state index contributed by atoms with van der Waals surface area (Å²) in [7, 11) is 0. The van der Waals surface area contributed by atoms with Gasteiger partial charge in [-0.1, -0.05) is 6.07 Å². The number of nitrogens with one attached hydrogen (secondary N) is 1. The van der Waals surface area contributed by atoms with E-state index in [1.807, 2.05) is 13.0 Å². The number of nitrogens with zero attached hydrogens (tertiary/aromatic N) is 6. The van der Waals surface area contributed by atoms with Gasteiger partial charge in [0.1, 0.15) is 18.0 Å². The molecule has 8 nitrogen and oxygen atoms in total. The maximum absolute atomic E-state index is 13.2. The van der Waals surface area contributed by atoms with Gasteiger partial charge in [0.2, 0.25) is 5.91 Å². The number of carbonyl (C=O) groups is 1. The lowest BCUT2D eigenvalue weighted by Crippen LogP contribution is -2.47. The van der Waals surface area contributed by atoms with Crippen LogP contribution >= 0.6 is 0 Å². The second kappa shape index (κ2) is 7.89. The summed E-state index contributed by atoms with van der Waals surface area (Å²) in [4.78, 5) is 25.2. The molecule has 0 spiro atoms. The van der Waals surface area contributed by atoms with E-state index < -0.39 is 0 Å². The normalized spacial score (nSPS) is 15.1. The quantitative estimate of drug-likeness (QED) is 0.723. The van der Waals surface area contributed by atoms with E-state index in [0.29, 0.717) is 24.4 Å². The number of halogens is 1. The molecule has 1 aliphatic heterocycles. The molecular weight excluding hydrogens is 361 g/mol. The largest absolute Gasteiger partial charge is 0.354 e. The minimum Gasteiger partial charge on any atom is -0.354 e. The van der Waals surface area contributed by atoms with Crippen LogP contribution in [0.25, 0.3) is 5.78 Å². The van der Waals surface area contributed by atoms with Gasteiger partial charge in [-0.05, 0) is 25.1 Å². The zero-order chi connectivity index (χ0) is 19.5. The van der Waals surface area contributed by atoms with E-state index in [9.17, 15) is 9.18 Å². The topological polar surface area (TPSA) is 78.7 Å². The van der Waals surface area contributed by atoms with E-state index in [4.69, 9.17) is 0 Å². The Morgan fingerprint density at radius 1 is 1.21 bits per heavy atom. The molecule has 2 aromatic heterocycles. The smallest absolute Gasteiger partial charge is 0.254 e. The fourth-order valence-corrected chi connectivity index (χ4v) is 3.39. The van der Waals surface area contributed by atoms with Gasteiger partial charge >= 0.3 is 0 Å². The van der Waals surface area contributed by atoms with Gasteiger partial charge in [0.05, 0.1) is 0 Å². The Labute approximate surface area is 162 Å². The summed E-state index contributed by atoms with van der Waals surface area (Å²) in [5.74, 6) is 1.12. The van der Waals surface area contributed by atoms with Crippen molar-refractivity contribution in [3.05, 3.63) is 48.2 Å². The number of hydrogen-bond donors (Lipinski definition) is 1. The van der Waals surface area contributed by atoms with E-state index in [1.54, 1.807) is 16.6 Å². The molecule has 0 unspecified atom stereocenters. The van der Waals surface area contributed by atoms with Gasteiger partial charge in [-0.2, -0.15) is 14.6 Å². The molecule has 1 aromatic carbocycles. The first-order valence-electron chi connectivity index (χ1n) is 9.28. The summed E-state index contributed by atoms with van der Waals surface area (Å²) in [6.07, 6.45) is 1.89. The van der Waals surface area contributed by atoms with Crippen molar-refractivity contribution in [1.29, 1.82) is 0 Å². The van der Waals surface area contributed by atoms with E-state index >= 15 is 0 Å². The molecule has 1 saturated heterocycles. The molecule has 0 radical (unpaired) electrons. The highest BCUT2D eigenvalue weighted by Gasteiger charge is 2.20. The predicted molar refractivity (Wildman–Crippen MR) is 104 cm³/mol. The van der Waals surface area contributed by atoms with E-state index in [2.05, 4.69) is 30.2 Å². The lowest BCUT2D eigenvalue weighted by Gasteiger charge is -2.35. The van der Waals surface area contributed by atoms with Crippen molar-refractivity contribution in [2.24, 2.45) is 0 Å². The van der Waals surface area contributed by atoms with Gasteiger partial charge in [-0.15, -0.1) is 0 Å². The Bertz CT molecular complexity index is 981. The van der Waals surface area contributed by atoms with Crippen molar-refractivity contribution in [3.8, 4) is 0 Å². The molecule has 9 heteroatoms. The van der Waals surface area contributed by atoms with Crippen molar-refractivity contribution in [2.75, 3.05) is 42.9 Å². The molecule has 3 heterocycles. The molecule has 4 rings (SSSR count). The van der Waals surface area contributed by atoms with Gasteiger partial charge in [0.25, 0.3) is 5.78 Å². The number of aromatic nitrogens is 4. The van der Waals surface area contributed by atoms with Crippen molar-refractivity contribution >= 4 is 23.2 Å². The molecule has 0 aliphatic carbocycles. The van der Waals surface area contributed by atoms with Crippen molar-refractivity contribution < 1.29 is 9.18 Å². The van der Waals surface area contributed by atoms with Crippen LogP contribution in [-0.4, -0.2) is 63.1 Å². The average Bonchev–Trinajstić information content (AvgIpc) is 3.14. The van der Waals surface area contributed by atoms with Gasteiger partial charge in [0, 0.05) is 56.6 Å². The highest BCUT2D eigenvalue weighted by Crippen LogP contribution is 2.18. The molecule has 1 fully saturated rings. The van der Waals surface area contributed by atoms with Gasteiger partial charge in [0.15, 0.2) is 0 Å². The van der Waals surface area contributed by atoms with Crippen LogP contribution in [0.15, 0.2) is 36.7 Å². The summed E-state index contributed by atoms with van der Waals surface area (Å²) in [6.45, 7) is 6.00. The first-order valence-corrected chi connectivity index (χ1v) is 9.28. The van der Waals surface area contributed by atoms with Crippen LogP contribution in [0.2, 0.25) is 0 Å². The lowest BCUT2D eigenvalue weighted by atomic mass is 10.2. The molecular formula is C19H22FN7O. The Hall–Kier alpha value is -3.07. The zero-order valence-electron chi connectivity index (χ0n) is 15.7. The van der Waals surface area contributed by atoms with E-state index in [0.717, 1.165) is 37.7 Å². The number of piperazine rings is 1. The average molecular weight is 383 g/mol. The number of carbonyl (C=O) groups excluding carboxylic acids is 1. The second-order valence-corrected chi connectivity index (χ2v) is 6.86.